The summed E-state index contributed by atoms with van der Waals surface area (Å²) in [6.07, 6.45) is 1.14. The maximum Gasteiger partial charge on any atom is 0.410 e. The lowest BCUT2D eigenvalue weighted by atomic mass is 10.2. The normalized spacial score (nSPS) is 19.8. The summed E-state index contributed by atoms with van der Waals surface area (Å²) in [5.74, 6) is -0.0765. The number of likely N-dealkylation sites (N-methyl/N-ethyl adjacent to an activating group) is 1. The van der Waals surface area contributed by atoms with Gasteiger partial charge in [-0.25, -0.2) is 4.79 Å². The van der Waals surface area contributed by atoms with Gasteiger partial charge in [0.1, 0.15) is 11.6 Å². The molecule has 1 fully saturated rings. The highest BCUT2D eigenvalue weighted by Crippen LogP contribution is 2.21. The molecule has 0 aromatic rings. The van der Waals surface area contributed by atoms with Gasteiger partial charge in [0.2, 0.25) is 5.91 Å². The van der Waals surface area contributed by atoms with Crippen molar-refractivity contribution in [3.8, 4) is 0 Å². The van der Waals surface area contributed by atoms with Gasteiger partial charge in [-0.2, -0.15) is 0 Å². The average molecular weight is 327 g/mol. The molecule has 1 rings (SSSR count). The number of amides is 2. The minimum atomic E-state index is -0.544. The van der Waals surface area contributed by atoms with Crippen molar-refractivity contribution in [1.29, 1.82) is 0 Å². The minimum Gasteiger partial charge on any atom is -0.444 e. The Hall–Kier alpha value is -1.30. The summed E-state index contributed by atoms with van der Waals surface area (Å²) >= 11 is 0. The fourth-order valence-electron chi connectivity index (χ4n) is 2.92. The Kier molecular flexibility index (Phi) is 7.32. The predicted molar refractivity (Wildman–Crippen MR) is 91.4 cm³/mol. The number of nitrogens with zero attached hydrogens (tertiary/aromatic N) is 2. The Morgan fingerprint density at radius 3 is 2.43 bits per heavy atom. The maximum atomic E-state index is 12.5. The van der Waals surface area contributed by atoms with Crippen LogP contribution >= 0.6 is 0 Å². The summed E-state index contributed by atoms with van der Waals surface area (Å²) in [4.78, 5) is 28.5. The molecular formula is C17H33N3O3. The van der Waals surface area contributed by atoms with Gasteiger partial charge in [0.25, 0.3) is 0 Å². The molecule has 6 nitrogen and oxygen atoms in total. The van der Waals surface area contributed by atoms with Crippen LogP contribution in [0, 0.1) is 0 Å². The minimum absolute atomic E-state index is 0.0765. The molecule has 1 aliphatic heterocycles. The van der Waals surface area contributed by atoms with Crippen molar-refractivity contribution in [2.24, 2.45) is 0 Å². The molecule has 1 heterocycles. The van der Waals surface area contributed by atoms with E-state index in [2.05, 4.69) is 31.0 Å². The number of carbonyl (C=O) groups excluding carboxylic acids is 2. The average Bonchev–Trinajstić information content (AvgIpc) is 2.93. The fraction of sp³-hybridized carbons (Fsp3) is 0.882. The lowest BCUT2D eigenvalue weighted by molar-refractivity contribution is -0.125. The molecule has 2 amide bonds. The van der Waals surface area contributed by atoms with Gasteiger partial charge in [-0.1, -0.05) is 13.8 Å². The zero-order chi connectivity index (χ0) is 17.6. The molecular weight excluding hydrogens is 294 g/mol. The van der Waals surface area contributed by atoms with E-state index >= 15 is 0 Å². The first-order chi connectivity index (χ1) is 10.7. The predicted octanol–water partition coefficient (Wildman–Crippen LogP) is 2.23. The standard InChI is InChI=1S/C17H33N3O3/c1-7-19(8-2)13(3)12-18-15(21)14-10-9-11-20(14)16(22)23-17(4,5)6/h13-14H,7-12H2,1-6H3,(H,18,21). The smallest absolute Gasteiger partial charge is 0.410 e. The van der Waals surface area contributed by atoms with Crippen LogP contribution in [0.25, 0.3) is 0 Å². The Morgan fingerprint density at radius 1 is 1.30 bits per heavy atom. The molecule has 0 aliphatic carbocycles. The summed E-state index contributed by atoms with van der Waals surface area (Å²) < 4.78 is 5.40. The van der Waals surface area contributed by atoms with Crippen molar-refractivity contribution in [2.75, 3.05) is 26.2 Å². The van der Waals surface area contributed by atoms with Crippen molar-refractivity contribution in [1.82, 2.24) is 15.1 Å². The zero-order valence-electron chi connectivity index (χ0n) is 15.5. The van der Waals surface area contributed by atoms with Gasteiger partial charge >= 0.3 is 6.09 Å². The Bertz CT molecular complexity index is 402. The summed E-state index contributed by atoms with van der Waals surface area (Å²) in [7, 11) is 0. The van der Waals surface area contributed by atoms with E-state index in [0.29, 0.717) is 19.5 Å². The lowest BCUT2D eigenvalue weighted by Crippen LogP contribution is -2.50. The molecule has 0 spiro atoms. The van der Waals surface area contributed by atoms with Crippen molar-refractivity contribution >= 4 is 12.0 Å². The van der Waals surface area contributed by atoms with Crippen LogP contribution < -0.4 is 5.32 Å². The van der Waals surface area contributed by atoms with Crippen molar-refractivity contribution in [3.05, 3.63) is 0 Å². The topological polar surface area (TPSA) is 61.9 Å². The molecule has 0 bridgehead atoms. The van der Waals surface area contributed by atoms with E-state index in [-0.39, 0.29) is 11.9 Å². The van der Waals surface area contributed by atoms with Gasteiger partial charge < -0.3 is 10.1 Å². The van der Waals surface area contributed by atoms with Crippen LogP contribution in [0.5, 0.6) is 0 Å². The summed E-state index contributed by atoms with van der Waals surface area (Å²) in [6.45, 7) is 14.9. The van der Waals surface area contributed by atoms with Crippen molar-refractivity contribution in [3.63, 3.8) is 0 Å². The highest BCUT2D eigenvalue weighted by molar-refractivity contribution is 5.86. The maximum absolute atomic E-state index is 12.5. The van der Waals surface area contributed by atoms with Gasteiger partial charge in [-0.3, -0.25) is 14.6 Å². The highest BCUT2D eigenvalue weighted by atomic mass is 16.6. The van der Waals surface area contributed by atoms with Crippen LogP contribution in [0.1, 0.15) is 54.4 Å². The molecule has 0 aromatic heterocycles. The molecule has 2 atom stereocenters. The molecule has 0 saturated carbocycles. The van der Waals surface area contributed by atoms with Crippen molar-refractivity contribution in [2.45, 2.75) is 72.1 Å². The third kappa shape index (κ3) is 6.01. The lowest BCUT2D eigenvalue weighted by Gasteiger charge is -2.29. The number of ether oxygens (including phenoxy) is 1. The van der Waals surface area contributed by atoms with E-state index in [9.17, 15) is 9.59 Å². The molecule has 0 radical (unpaired) electrons. The SMILES string of the molecule is CCN(CC)C(C)CNC(=O)C1CCCN1C(=O)OC(C)(C)C. The van der Waals surface area contributed by atoms with E-state index in [1.165, 1.54) is 0 Å². The van der Waals surface area contributed by atoms with Crippen LogP contribution in [0.15, 0.2) is 0 Å². The largest absolute Gasteiger partial charge is 0.444 e. The third-order valence-corrected chi connectivity index (χ3v) is 4.19. The number of likely N-dealkylation sites (tertiary alicyclic amines) is 1. The van der Waals surface area contributed by atoms with Crippen LogP contribution in [0.3, 0.4) is 0 Å². The molecule has 2 unspecified atom stereocenters. The number of carbonyl (C=O) groups is 2. The second-order valence-electron chi connectivity index (χ2n) is 7.15. The second kappa shape index (κ2) is 8.52. The highest BCUT2D eigenvalue weighted by Gasteiger charge is 2.36. The Labute approximate surface area is 140 Å². The molecule has 1 aliphatic rings. The summed E-state index contributed by atoms with van der Waals surface area (Å²) in [5, 5.41) is 2.99. The number of hydrogen-bond acceptors (Lipinski definition) is 4. The Balaban J connectivity index is 2.56. The van der Waals surface area contributed by atoms with E-state index in [1.54, 1.807) is 4.90 Å². The summed E-state index contributed by atoms with van der Waals surface area (Å²) in [5.41, 5.74) is -0.544. The first kappa shape index (κ1) is 19.7. The number of hydrogen-bond donors (Lipinski definition) is 1. The molecule has 23 heavy (non-hydrogen) atoms. The summed E-state index contributed by atoms with van der Waals surface area (Å²) in [6, 6.07) is -0.126. The van der Waals surface area contributed by atoms with Gasteiger partial charge in [-0.15, -0.1) is 0 Å². The molecule has 1 N–H and O–H groups in total. The van der Waals surface area contributed by atoms with E-state index < -0.39 is 17.7 Å². The van der Waals surface area contributed by atoms with E-state index in [0.717, 1.165) is 19.5 Å². The van der Waals surface area contributed by atoms with Crippen LogP contribution in [0.2, 0.25) is 0 Å². The quantitative estimate of drug-likeness (QED) is 0.813. The van der Waals surface area contributed by atoms with Crippen LogP contribution in [0.4, 0.5) is 4.79 Å². The molecule has 134 valence electrons. The monoisotopic (exact) mass is 327 g/mol. The second-order valence-corrected chi connectivity index (χ2v) is 7.15. The van der Waals surface area contributed by atoms with Gasteiger partial charge in [0.05, 0.1) is 0 Å². The van der Waals surface area contributed by atoms with E-state index in [4.69, 9.17) is 4.74 Å². The zero-order valence-corrected chi connectivity index (χ0v) is 15.5. The van der Waals surface area contributed by atoms with Crippen molar-refractivity contribution < 1.29 is 14.3 Å². The molecule has 0 aromatic carbocycles. The van der Waals surface area contributed by atoms with Gasteiger partial charge in [0.15, 0.2) is 0 Å². The van der Waals surface area contributed by atoms with Gasteiger partial charge in [0, 0.05) is 19.1 Å². The fourth-order valence-corrected chi connectivity index (χ4v) is 2.92. The first-order valence-electron chi connectivity index (χ1n) is 8.71. The molecule has 1 saturated heterocycles. The van der Waals surface area contributed by atoms with E-state index in [1.807, 2.05) is 20.8 Å². The van der Waals surface area contributed by atoms with Crippen LogP contribution in [-0.2, 0) is 9.53 Å². The first-order valence-corrected chi connectivity index (χ1v) is 8.71. The van der Waals surface area contributed by atoms with Crippen LogP contribution in [-0.4, -0.2) is 65.7 Å². The number of rotatable bonds is 6. The third-order valence-electron chi connectivity index (χ3n) is 4.19. The Morgan fingerprint density at radius 2 is 1.91 bits per heavy atom. The number of nitrogens with one attached hydrogen (secondary N) is 1. The molecule has 6 heteroatoms. The van der Waals surface area contributed by atoms with Gasteiger partial charge in [-0.05, 0) is 53.6 Å².